The van der Waals surface area contributed by atoms with Crippen LogP contribution in [-0.2, 0) is 0 Å². The molecule has 0 radical (unpaired) electrons. The van der Waals surface area contributed by atoms with Gasteiger partial charge in [0.05, 0.1) is 11.2 Å². The summed E-state index contributed by atoms with van der Waals surface area (Å²) in [6.07, 6.45) is 6.41. The highest BCUT2D eigenvalue weighted by Gasteiger charge is 2.23. The maximum atomic E-state index is 5.34. The lowest BCUT2D eigenvalue weighted by atomic mass is 9.90. The molecule has 0 atom stereocenters. The minimum atomic E-state index is 0.460. The third-order valence-corrected chi connectivity index (χ3v) is 5.73. The number of hydrogen-bond donors (Lipinski definition) is 1. The third-order valence-electron chi connectivity index (χ3n) is 5.73. The smallest absolute Gasteiger partial charge is 0.141 e. The Kier molecular flexibility index (Phi) is 4.83. The zero-order valence-electron chi connectivity index (χ0n) is 16.5. The van der Waals surface area contributed by atoms with Crippen molar-refractivity contribution < 1.29 is 4.52 Å². The fraction of sp³-hybridized carbons (Fsp3) is 0.476. The van der Waals surface area contributed by atoms with E-state index >= 15 is 0 Å². The van der Waals surface area contributed by atoms with Gasteiger partial charge in [0, 0.05) is 23.0 Å². The number of aromatic nitrogens is 3. The van der Waals surface area contributed by atoms with Gasteiger partial charge in [-0.3, -0.25) is 0 Å². The molecular weight excluding hydrogens is 338 g/mol. The summed E-state index contributed by atoms with van der Waals surface area (Å²) >= 11 is 0. The molecule has 2 aromatic heterocycles. The summed E-state index contributed by atoms with van der Waals surface area (Å²) in [5, 5.41) is 8.81. The van der Waals surface area contributed by atoms with Crippen LogP contribution in [0.4, 0.5) is 5.82 Å². The zero-order chi connectivity index (χ0) is 19.0. The predicted octanol–water partition coefficient (Wildman–Crippen LogP) is 4.19. The molecule has 1 fully saturated rings. The molecule has 0 bridgehead atoms. The Bertz CT molecular complexity index is 921. The van der Waals surface area contributed by atoms with Crippen molar-refractivity contribution in [3.63, 3.8) is 0 Å². The van der Waals surface area contributed by atoms with Crippen LogP contribution in [0, 0.1) is 13.8 Å². The lowest BCUT2D eigenvalue weighted by molar-refractivity contribution is 0.221. The first-order valence-electron chi connectivity index (χ1n) is 9.64. The molecule has 4 rings (SSSR count). The quantitative estimate of drug-likeness (QED) is 0.748. The van der Waals surface area contributed by atoms with Crippen molar-refractivity contribution in [2.24, 2.45) is 0 Å². The number of fused-ring (bicyclic) bond motifs is 1. The monoisotopic (exact) mass is 365 g/mol. The standard InChI is InChI=1S/C21H27N5O/c1-13-20(14(2)27-25-13)15-5-10-19-18(11-15)21(23-12-22-19)24-16-6-8-17(9-7-16)26(3)4/h5,10-12,16-17H,6-9H2,1-4H3,(H,22,23,24)/t16-,17-. The number of nitrogens with zero attached hydrogens (tertiary/aromatic N) is 4. The van der Waals surface area contributed by atoms with Gasteiger partial charge in [-0.25, -0.2) is 9.97 Å². The van der Waals surface area contributed by atoms with Crippen LogP contribution in [0.2, 0.25) is 0 Å². The van der Waals surface area contributed by atoms with E-state index in [2.05, 4.69) is 51.6 Å². The first-order valence-corrected chi connectivity index (χ1v) is 9.64. The summed E-state index contributed by atoms with van der Waals surface area (Å²) in [6.45, 7) is 3.92. The first kappa shape index (κ1) is 17.9. The maximum absolute atomic E-state index is 5.34. The van der Waals surface area contributed by atoms with Crippen LogP contribution < -0.4 is 5.32 Å². The van der Waals surface area contributed by atoms with E-state index in [0.29, 0.717) is 12.1 Å². The van der Waals surface area contributed by atoms with Gasteiger partial charge in [0.15, 0.2) is 0 Å². The number of rotatable bonds is 4. The molecule has 6 nitrogen and oxygen atoms in total. The molecule has 2 heterocycles. The predicted molar refractivity (Wildman–Crippen MR) is 108 cm³/mol. The van der Waals surface area contributed by atoms with Gasteiger partial charge in [0.25, 0.3) is 0 Å². The summed E-state index contributed by atoms with van der Waals surface area (Å²) in [5.74, 6) is 1.75. The lowest BCUT2D eigenvalue weighted by Gasteiger charge is -2.33. The molecule has 3 aromatic rings. The van der Waals surface area contributed by atoms with E-state index in [0.717, 1.165) is 52.1 Å². The van der Waals surface area contributed by atoms with Crippen molar-refractivity contribution in [1.29, 1.82) is 0 Å². The number of benzene rings is 1. The summed E-state index contributed by atoms with van der Waals surface area (Å²) in [4.78, 5) is 11.3. The summed E-state index contributed by atoms with van der Waals surface area (Å²) < 4.78 is 5.34. The van der Waals surface area contributed by atoms with Crippen molar-refractivity contribution in [1.82, 2.24) is 20.0 Å². The van der Waals surface area contributed by atoms with E-state index in [1.165, 1.54) is 12.8 Å². The topological polar surface area (TPSA) is 67.1 Å². The van der Waals surface area contributed by atoms with Crippen LogP contribution in [0.15, 0.2) is 29.0 Å². The number of nitrogens with one attached hydrogen (secondary N) is 1. The van der Waals surface area contributed by atoms with Crippen LogP contribution in [-0.4, -0.2) is 46.2 Å². The Labute approximate surface area is 160 Å². The average Bonchev–Trinajstić information content (AvgIpc) is 3.00. The molecule has 1 aliphatic carbocycles. The minimum absolute atomic E-state index is 0.460. The van der Waals surface area contributed by atoms with E-state index in [1.54, 1.807) is 6.33 Å². The number of hydrogen-bond acceptors (Lipinski definition) is 6. The molecule has 1 saturated carbocycles. The average molecular weight is 365 g/mol. The largest absolute Gasteiger partial charge is 0.367 e. The fourth-order valence-electron chi connectivity index (χ4n) is 4.15. The molecule has 1 aliphatic rings. The summed E-state index contributed by atoms with van der Waals surface area (Å²) in [7, 11) is 4.35. The van der Waals surface area contributed by atoms with Crippen LogP contribution >= 0.6 is 0 Å². The van der Waals surface area contributed by atoms with E-state index in [1.807, 2.05) is 19.9 Å². The van der Waals surface area contributed by atoms with Gasteiger partial charge in [0.1, 0.15) is 17.9 Å². The SMILES string of the molecule is Cc1noc(C)c1-c1ccc2ncnc(N[C@H]3CC[C@H](N(C)C)CC3)c2c1. The summed E-state index contributed by atoms with van der Waals surface area (Å²) in [6, 6.07) is 7.43. The second-order valence-electron chi connectivity index (χ2n) is 7.77. The second kappa shape index (κ2) is 7.27. The van der Waals surface area contributed by atoms with Crippen molar-refractivity contribution >= 4 is 16.7 Å². The van der Waals surface area contributed by atoms with Crippen LogP contribution in [0.5, 0.6) is 0 Å². The van der Waals surface area contributed by atoms with E-state index < -0.39 is 0 Å². The normalized spacial score (nSPS) is 20.3. The Morgan fingerprint density at radius 2 is 1.85 bits per heavy atom. The Balaban J connectivity index is 1.63. The molecule has 0 amide bonds. The molecule has 6 heteroatoms. The minimum Gasteiger partial charge on any atom is -0.367 e. The van der Waals surface area contributed by atoms with Gasteiger partial charge >= 0.3 is 0 Å². The molecule has 0 unspecified atom stereocenters. The number of anilines is 1. The first-order chi connectivity index (χ1) is 13.0. The van der Waals surface area contributed by atoms with Crippen LogP contribution in [0.1, 0.15) is 37.1 Å². The maximum Gasteiger partial charge on any atom is 0.141 e. The molecule has 27 heavy (non-hydrogen) atoms. The molecular formula is C21H27N5O. The molecule has 1 N–H and O–H groups in total. The van der Waals surface area contributed by atoms with Gasteiger partial charge in [-0.05, 0) is 71.3 Å². The molecule has 0 aliphatic heterocycles. The highest BCUT2D eigenvalue weighted by Crippen LogP contribution is 2.32. The third kappa shape index (κ3) is 3.54. The van der Waals surface area contributed by atoms with Gasteiger partial charge in [0.2, 0.25) is 0 Å². The molecule has 0 spiro atoms. The zero-order valence-corrected chi connectivity index (χ0v) is 16.5. The molecule has 0 saturated heterocycles. The number of aryl methyl sites for hydroxylation is 2. The fourth-order valence-corrected chi connectivity index (χ4v) is 4.15. The summed E-state index contributed by atoms with van der Waals surface area (Å²) in [5.41, 5.74) is 4.00. The van der Waals surface area contributed by atoms with Gasteiger partial charge in [-0.2, -0.15) is 0 Å². The highest BCUT2D eigenvalue weighted by molar-refractivity contribution is 5.93. The molecule has 142 valence electrons. The van der Waals surface area contributed by atoms with E-state index in [-0.39, 0.29) is 0 Å². The molecule has 1 aromatic carbocycles. The van der Waals surface area contributed by atoms with Crippen LogP contribution in [0.25, 0.3) is 22.0 Å². The van der Waals surface area contributed by atoms with Gasteiger partial charge in [-0.1, -0.05) is 11.2 Å². The Morgan fingerprint density at radius 3 is 2.52 bits per heavy atom. The van der Waals surface area contributed by atoms with Gasteiger partial charge in [-0.15, -0.1) is 0 Å². The van der Waals surface area contributed by atoms with Crippen molar-refractivity contribution in [2.45, 2.75) is 51.6 Å². The van der Waals surface area contributed by atoms with E-state index in [9.17, 15) is 0 Å². The van der Waals surface area contributed by atoms with Crippen molar-refractivity contribution in [2.75, 3.05) is 19.4 Å². The van der Waals surface area contributed by atoms with E-state index in [4.69, 9.17) is 4.52 Å². The van der Waals surface area contributed by atoms with Crippen molar-refractivity contribution in [3.8, 4) is 11.1 Å². The Morgan fingerprint density at radius 1 is 1.07 bits per heavy atom. The van der Waals surface area contributed by atoms with Crippen LogP contribution in [0.3, 0.4) is 0 Å². The highest BCUT2D eigenvalue weighted by atomic mass is 16.5. The van der Waals surface area contributed by atoms with Crippen molar-refractivity contribution in [3.05, 3.63) is 36.0 Å². The second-order valence-corrected chi connectivity index (χ2v) is 7.77. The Hall–Kier alpha value is -2.47. The van der Waals surface area contributed by atoms with Gasteiger partial charge < -0.3 is 14.7 Å². The lowest BCUT2D eigenvalue weighted by Crippen LogP contribution is -2.36.